The van der Waals surface area contributed by atoms with Crippen molar-refractivity contribution in [3.8, 4) is 0 Å². The number of benzene rings is 3. The summed E-state index contributed by atoms with van der Waals surface area (Å²) in [7, 11) is 0. The number of nitrogens with zero attached hydrogens (tertiary/aromatic N) is 2. The largest absolute Gasteiger partial charge is 0.451 e. The fraction of sp³-hybridized carbons (Fsp3) is 0.240. The van der Waals surface area contributed by atoms with Crippen molar-refractivity contribution in [3.63, 3.8) is 0 Å². The van der Waals surface area contributed by atoms with Crippen LogP contribution < -0.4 is 4.90 Å². The van der Waals surface area contributed by atoms with Gasteiger partial charge in [-0.05, 0) is 23.3 Å². The molecule has 1 fully saturated rings. The number of ether oxygens (including phenoxy) is 1. The molecule has 0 amide bonds. The van der Waals surface area contributed by atoms with E-state index in [2.05, 4.69) is 46.2 Å². The number of anilines is 1. The minimum Gasteiger partial charge on any atom is -0.451 e. The normalized spacial score (nSPS) is 22.1. The molecule has 2 aliphatic rings. The maximum Gasteiger partial charge on any atom is 0.328 e. The molecule has 29 heavy (non-hydrogen) atoms. The number of hydrogen-bond donors (Lipinski definition) is 0. The highest BCUT2D eigenvalue weighted by Crippen LogP contribution is 2.40. The number of para-hydroxylation sites is 1. The van der Waals surface area contributed by atoms with Gasteiger partial charge >= 0.3 is 5.97 Å². The lowest BCUT2D eigenvalue weighted by molar-refractivity contribution is -0.157. The SMILES string of the molecule is O=C1O[C@@H](c2ccccc2)c2ccccc2[C@H]1N1CCN(c2ccccc2)CC1. The van der Waals surface area contributed by atoms with E-state index in [0.717, 1.165) is 42.9 Å². The monoisotopic (exact) mass is 384 g/mol. The van der Waals surface area contributed by atoms with E-state index < -0.39 is 0 Å². The van der Waals surface area contributed by atoms with Crippen molar-refractivity contribution >= 4 is 11.7 Å². The number of piperazine rings is 1. The lowest BCUT2D eigenvalue weighted by Gasteiger charge is -2.42. The Hall–Kier alpha value is -3.11. The van der Waals surface area contributed by atoms with Crippen molar-refractivity contribution in [2.24, 2.45) is 0 Å². The first-order valence-corrected chi connectivity index (χ1v) is 10.2. The molecule has 4 heteroatoms. The molecule has 3 aromatic rings. The van der Waals surface area contributed by atoms with E-state index >= 15 is 0 Å². The molecular formula is C25H24N2O2. The summed E-state index contributed by atoms with van der Waals surface area (Å²) >= 11 is 0. The van der Waals surface area contributed by atoms with Crippen LogP contribution in [0.15, 0.2) is 84.9 Å². The van der Waals surface area contributed by atoms with Crippen LogP contribution in [-0.2, 0) is 9.53 Å². The molecule has 0 aromatic heterocycles. The van der Waals surface area contributed by atoms with Crippen molar-refractivity contribution < 1.29 is 9.53 Å². The molecule has 2 atom stereocenters. The molecule has 0 spiro atoms. The van der Waals surface area contributed by atoms with E-state index in [4.69, 9.17) is 4.74 Å². The van der Waals surface area contributed by atoms with Crippen LogP contribution in [-0.4, -0.2) is 37.0 Å². The third kappa shape index (κ3) is 3.40. The molecule has 0 unspecified atom stereocenters. The number of esters is 1. The predicted octanol–water partition coefficient (Wildman–Crippen LogP) is 4.20. The predicted molar refractivity (Wildman–Crippen MR) is 114 cm³/mol. The number of cyclic esters (lactones) is 1. The summed E-state index contributed by atoms with van der Waals surface area (Å²) in [6.45, 7) is 3.47. The van der Waals surface area contributed by atoms with Gasteiger partial charge < -0.3 is 9.64 Å². The molecule has 1 saturated heterocycles. The van der Waals surface area contributed by atoms with Gasteiger partial charge in [-0.2, -0.15) is 0 Å². The van der Waals surface area contributed by atoms with Crippen molar-refractivity contribution in [3.05, 3.63) is 102 Å². The van der Waals surface area contributed by atoms with E-state index in [1.54, 1.807) is 0 Å². The minimum atomic E-state index is -0.332. The number of carbonyl (C=O) groups is 1. The second-order valence-electron chi connectivity index (χ2n) is 7.62. The Morgan fingerprint density at radius 3 is 1.97 bits per heavy atom. The fourth-order valence-corrected chi connectivity index (χ4v) is 4.47. The maximum atomic E-state index is 13.1. The molecule has 4 nitrogen and oxygen atoms in total. The number of hydrogen-bond acceptors (Lipinski definition) is 4. The molecule has 2 aliphatic heterocycles. The Morgan fingerprint density at radius 2 is 1.28 bits per heavy atom. The quantitative estimate of drug-likeness (QED) is 0.634. The highest BCUT2D eigenvalue weighted by Gasteiger charge is 2.40. The molecule has 0 aliphatic carbocycles. The van der Waals surface area contributed by atoms with Gasteiger partial charge in [0.25, 0.3) is 0 Å². The molecule has 146 valence electrons. The standard InChI is InChI=1S/C25H24N2O2/c28-25-23(27-17-15-26(16-18-27)20-11-5-2-6-12-20)21-13-7-8-14-22(21)24(29-25)19-9-3-1-4-10-19/h1-14,23-24H,15-18H2/t23-,24+/m1/s1. The molecule has 0 N–H and O–H groups in total. The summed E-state index contributed by atoms with van der Waals surface area (Å²) in [5.41, 5.74) is 4.42. The summed E-state index contributed by atoms with van der Waals surface area (Å²) in [4.78, 5) is 17.8. The third-order valence-corrected chi connectivity index (χ3v) is 5.93. The van der Waals surface area contributed by atoms with Gasteiger partial charge in [-0.1, -0.05) is 72.8 Å². The minimum absolute atomic E-state index is 0.147. The highest BCUT2D eigenvalue weighted by molar-refractivity contribution is 5.81. The first-order chi connectivity index (χ1) is 14.3. The van der Waals surface area contributed by atoms with Gasteiger partial charge in [0.05, 0.1) is 0 Å². The van der Waals surface area contributed by atoms with Crippen molar-refractivity contribution in [1.82, 2.24) is 4.90 Å². The Balaban J connectivity index is 1.40. The number of fused-ring (bicyclic) bond motifs is 1. The average Bonchev–Trinajstić information content (AvgIpc) is 2.80. The van der Waals surface area contributed by atoms with Gasteiger partial charge in [-0.3, -0.25) is 4.90 Å². The van der Waals surface area contributed by atoms with Crippen molar-refractivity contribution in [2.75, 3.05) is 31.1 Å². The summed E-state index contributed by atoms with van der Waals surface area (Å²) in [6, 6.07) is 28.4. The number of carbonyl (C=O) groups excluding carboxylic acids is 1. The van der Waals surface area contributed by atoms with E-state index in [9.17, 15) is 4.79 Å². The van der Waals surface area contributed by atoms with Crippen LogP contribution in [0.3, 0.4) is 0 Å². The first kappa shape index (κ1) is 18.0. The van der Waals surface area contributed by atoms with Gasteiger partial charge in [-0.15, -0.1) is 0 Å². The highest BCUT2D eigenvalue weighted by atomic mass is 16.5. The van der Waals surface area contributed by atoms with E-state index in [0.29, 0.717) is 0 Å². The van der Waals surface area contributed by atoms with Gasteiger partial charge in [0.1, 0.15) is 6.04 Å². The second-order valence-corrected chi connectivity index (χ2v) is 7.62. The van der Waals surface area contributed by atoms with Crippen LogP contribution in [0, 0.1) is 0 Å². The van der Waals surface area contributed by atoms with Crippen LogP contribution in [0.25, 0.3) is 0 Å². The van der Waals surface area contributed by atoms with Crippen LogP contribution in [0.4, 0.5) is 5.69 Å². The lowest BCUT2D eigenvalue weighted by atomic mass is 9.89. The topological polar surface area (TPSA) is 32.8 Å². The van der Waals surface area contributed by atoms with Gasteiger partial charge in [-0.25, -0.2) is 4.79 Å². The fourth-order valence-electron chi connectivity index (χ4n) is 4.47. The van der Waals surface area contributed by atoms with E-state index in [1.165, 1.54) is 5.69 Å². The van der Waals surface area contributed by atoms with Crippen LogP contribution in [0.1, 0.15) is 28.8 Å². The Morgan fingerprint density at radius 1 is 0.690 bits per heavy atom. The Bertz CT molecular complexity index is 982. The summed E-state index contributed by atoms with van der Waals surface area (Å²) in [6.07, 6.45) is -0.332. The third-order valence-electron chi connectivity index (χ3n) is 5.93. The summed E-state index contributed by atoms with van der Waals surface area (Å²) in [5.74, 6) is -0.147. The Kier molecular flexibility index (Phi) is 4.78. The molecule has 3 aromatic carbocycles. The first-order valence-electron chi connectivity index (χ1n) is 10.2. The Labute approximate surface area is 171 Å². The molecule has 5 rings (SSSR count). The molecule has 0 saturated carbocycles. The second kappa shape index (κ2) is 7.72. The lowest BCUT2D eigenvalue weighted by Crippen LogP contribution is -2.50. The van der Waals surface area contributed by atoms with Crippen LogP contribution >= 0.6 is 0 Å². The zero-order chi connectivity index (χ0) is 19.6. The number of rotatable bonds is 3. The van der Waals surface area contributed by atoms with Crippen LogP contribution in [0.5, 0.6) is 0 Å². The molecule has 0 bridgehead atoms. The summed E-state index contributed by atoms with van der Waals surface area (Å²) in [5, 5.41) is 0. The van der Waals surface area contributed by atoms with E-state index in [1.807, 2.05) is 48.5 Å². The zero-order valence-electron chi connectivity index (χ0n) is 16.3. The maximum absolute atomic E-state index is 13.1. The molecule has 0 radical (unpaired) electrons. The van der Waals surface area contributed by atoms with Crippen molar-refractivity contribution in [2.45, 2.75) is 12.1 Å². The zero-order valence-corrected chi connectivity index (χ0v) is 16.3. The summed E-state index contributed by atoms with van der Waals surface area (Å²) < 4.78 is 5.98. The van der Waals surface area contributed by atoms with Gasteiger partial charge in [0, 0.05) is 37.4 Å². The molecule has 2 heterocycles. The molecular weight excluding hydrogens is 360 g/mol. The van der Waals surface area contributed by atoms with Crippen molar-refractivity contribution in [1.29, 1.82) is 0 Å². The van der Waals surface area contributed by atoms with Gasteiger partial charge in [0.15, 0.2) is 6.10 Å². The van der Waals surface area contributed by atoms with Gasteiger partial charge in [0.2, 0.25) is 0 Å². The smallest absolute Gasteiger partial charge is 0.328 e. The van der Waals surface area contributed by atoms with E-state index in [-0.39, 0.29) is 18.1 Å². The average molecular weight is 384 g/mol. The van der Waals surface area contributed by atoms with Crippen LogP contribution in [0.2, 0.25) is 0 Å².